The van der Waals surface area contributed by atoms with E-state index in [0.29, 0.717) is 105 Å². The summed E-state index contributed by atoms with van der Waals surface area (Å²) in [5.74, 6) is 22.9. The molecule has 20 rings (SSSR count). The summed E-state index contributed by atoms with van der Waals surface area (Å²) in [5, 5.41) is 46.9. The molecule has 0 aliphatic heterocycles. The maximum atomic E-state index is 12.7. The van der Waals surface area contributed by atoms with Gasteiger partial charge in [0.05, 0.1) is 0 Å². The summed E-state index contributed by atoms with van der Waals surface area (Å²) in [4.78, 5) is 0. The third kappa shape index (κ3) is 28.0. The van der Waals surface area contributed by atoms with E-state index in [4.69, 9.17) is 73.1 Å². The molecule has 0 aromatic rings. The van der Waals surface area contributed by atoms with Crippen molar-refractivity contribution in [2.24, 2.45) is 241 Å². The van der Waals surface area contributed by atoms with Crippen molar-refractivity contribution in [3.63, 3.8) is 0 Å². The second-order valence-corrected chi connectivity index (χ2v) is 76.1. The van der Waals surface area contributed by atoms with Crippen molar-refractivity contribution in [3.05, 3.63) is 30.5 Å². The fraction of sp³-hybridized carbons (Fsp3) is 0.954. The van der Waals surface area contributed by atoms with E-state index in [1.165, 1.54) is 57.8 Å². The monoisotopic (exact) mass is 3570 g/mol. The Labute approximate surface area is 879 Å². The van der Waals surface area contributed by atoms with Gasteiger partial charge in [0.2, 0.25) is 0 Å². The summed E-state index contributed by atoms with van der Waals surface area (Å²) in [6.45, 7) is 55.4. The van der Waals surface area contributed by atoms with Gasteiger partial charge in [-0.25, -0.2) is 65.9 Å². The van der Waals surface area contributed by atoms with Crippen molar-refractivity contribution < 1.29 is 131 Å². The van der Waals surface area contributed by atoms with Crippen LogP contribution in [0.3, 0.4) is 0 Å². The molecule has 41 unspecified atom stereocenters. The largest absolute Gasteiger partial charge is 0.554 e. The quantitative estimate of drug-likeness (QED) is 0.0191. The molecule has 860 valence electrons. The van der Waals surface area contributed by atoms with Crippen molar-refractivity contribution >= 4 is 73.7 Å². The first-order valence-electron chi connectivity index (χ1n) is 55.4. The van der Waals surface area contributed by atoms with E-state index in [0.717, 1.165) is 188 Å². The Morgan fingerprint density at radius 3 is 0.667 bits per heavy atom. The van der Waals surface area contributed by atoms with Crippen LogP contribution in [0.1, 0.15) is 265 Å². The number of alkyl halides is 15. The molecule has 0 spiro atoms. The Kier molecular flexibility index (Phi) is 44.4. The first-order valence-corrected chi connectivity index (χ1v) is 71.6. The fourth-order valence-electron chi connectivity index (χ4n) is 37.8. The molecule has 20 saturated carbocycles. The number of rotatable bonds is 25. The number of aliphatic hydroxyl groups is 5. The zero-order valence-corrected chi connectivity index (χ0v) is 135. The van der Waals surface area contributed by atoms with Crippen LogP contribution in [0.5, 0.6) is 0 Å². The maximum absolute atomic E-state index is 12.7. The minimum atomic E-state index is -4.55. The topological polar surface area (TPSA) is 184 Å². The van der Waals surface area contributed by atoms with Crippen LogP contribution in [-0.2, 0) is 39.8 Å². The zero-order chi connectivity index (χ0) is 109. The van der Waals surface area contributed by atoms with Crippen LogP contribution in [0.25, 0.3) is 0 Å². The predicted molar refractivity (Wildman–Crippen MR) is 547 cm³/mol. The maximum Gasteiger partial charge on any atom is 0.497 e. The average Bonchev–Trinajstić information content (AvgIpc) is 1.50. The van der Waals surface area contributed by atoms with Crippen molar-refractivity contribution in [1.82, 2.24) is 0 Å². The van der Waals surface area contributed by atoms with Crippen molar-refractivity contribution in [2.75, 3.05) is 61.0 Å². The summed E-state index contributed by atoms with van der Waals surface area (Å²) in [7, 11) is -2.53. The van der Waals surface area contributed by atoms with Crippen LogP contribution >= 0.6 is 33.2 Å². The van der Waals surface area contributed by atoms with Gasteiger partial charge < -0.3 is 65.4 Å². The molecule has 5 N–H and O–H groups in total. The normalized spacial score (nSPS) is 41.5. The van der Waals surface area contributed by atoms with Crippen molar-refractivity contribution in [2.45, 2.75) is 348 Å². The van der Waals surface area contributed by atoms with Gasteiger partial charge in [0.1, 0.15) is 0 Å². The van der Waals surface area contributed by atoms with Gasteiger partial charge in [0.15, 0.2) is 0 Å². The van der Waals surface area contributed by atoms with Crippen LogP contribution < -0.4 is 0 Å². The van der Waals surface area contributed by atoms with Gasteiger partial charge in [-0.1, -0.05) is 156 Å². The van der Waals surface area contributed by atoms with E-state index in [-0.39, 0.29) is 83.4 Å². The Bertz CT molecular complexity index is 3740. The molecule has 14 nitrogen and oxygen atoms in total. The zero-order valence-electron chi connectivity index (χ0n) is 95.3. The average molecular weight is 3570 g/mol. The third-order valence-electron chi connectivity index (χ3n) is 42.2. The SMILES string of the molecule is CC12CC(C[C-](O)C(F)(F)F)C(C)(C1)C1C3CCC(C3)C12.CC12CC(C[C-](O)C(F)(F)F)C(C)(C1)C1C3CCC(C3)C12.CC1C(C)C2CC1C1C3CC(C[C-](O)C(F)(F)F)C(C3)C21.CC1C(C)C2CC1C1C3CC(C[C-](O)C(F)(F)F)C(C3)C21.CC1C(C)C2CC1C1C3CC(C[C-](O)C(F)(F)F)C(C3)C21.CCO[Si](C)(OCC)OCC.CCO[Si](C)(OCC)OCC.CO[Si](C)(OC)OC.C[Si](C)(C)C.C[Si](Cl)(Cl)Cl.[Rf].[Rf].[Rf].[Rf].[Rf]. The molecule has 0 aromatic carbocycles. The fourth-order valence-corrected chi connectivity index (χ4v) is 42.0. The second-order valence-electron chi connectivity index (χ2n) is 51.8. The molecule has 0 heterocycles. The smallest absolute Gasteiger partial charge is 0.497 e. The van der Waals surface area contributed by atoms with Gasteiger partial charge in [-0.15, -0.1) is 65.3 Å². The van der Waals surface area contributed by atoms with E-state index in [9.17, 15) is 91.4 Å². The molecule has 41 atom stereocenters. The Morgan fingerprint density at radius 1 is 0.287 bits per heavy atom. The Balaban J connectivity index is 0.000000261. The van der Waals surface area contributed by atoms with Gasteiger partial charge in [-0.3, -0.25) is 0 Å². The molecule has 20 aliphatic carbocycles. The van der Waals surface area contributed by atoms with E-state index in [1.54, 1.807) is 27.9 Å². The summed E-state index contributed by atoms with van der Waals surface area (Å²) < 4.78 is 237. The molecule has 0 aromatic heterocycles. The number of aliphatic hydroxyl groups excluding tert-OH is 5. The Hall–Kier alpha value is -4.66. The van der Waals surface area contributed by atoms with E-state index in [1.807, 2.05) is 61.2 Å². The van der Waals surface area contributed by atoms with E-state index < -0.39 is 102 Å². The molecule has 0 saturated heterocycles. The molecule has 0 amide bonds. The molecule has 0 radical (unpaired) electrons. The first kappa shape index (κ1) is 134. The minimum absolute atomic E-state index is 0. The molecule has 20 fully saturated rings. The van der Waals surface area contributed by atoms with Crippen molar-refractivity contribution in [1.29, 1.82) is 0 Å². The van der Waals surface area contributed by atoms with Gasteiger partial charge >= 0.3 is 32.4 Å². The van der Waals surface area contributed by atoms with Crippen LogP contribution in [0, 0.1) is 271 Å². The molecular formula is C108H183Cl3F15O14Rf5Si5-5. The van der Waals surface area contributed by atoms with Gasteiger partial charge in [-0.05, 0) is 381 Å². The molecule has 20 bridgehead atoms. The standard InChI is InChI=1S/5C17H24F3O.2C7H18O3Si.C4H12O3Si.C4H12Si.CH3Cl3Si.5Rf/c3*1-7-8(2)12-6-11(7)15-10-3-9(13(4-10)16(12)15)5-14(21)17(18,19)20;2*1-15-7-11(6-12(21)17(18,19)20)16(2,8-15)14-10-4-3-9(5-10)13(14)15;2*1-5-8-11(4,9-6-2)10-7-3;1-5-8(4,6-2)7-3;2*1-5(2,3)4;;;;;/h3*7-13,15-16,21H,3-6H2,1-2H3;2*9-11,13-14,21H,3-8H2,1-2H3;2*5-7H2,1-4H3;1-4H3;1-4H3;1H3;;;;;/q5*-1;;;;;;;;;;. The number of hydrogen-bond donors (Lipinski definition) is 5. The minimum Gasteiger partial charge on any atom is -0.554 e. The van der Waals surface area contributed by atoms with E-state index in [2.05, 4.69) is 95.4 Å². The van der Waals surface area contributed by atoms with E-state index >= 15 is 0 Å². The first-order chi connectivity index (χ1) is 66.7. The van der Waals surface area contributed by atoms with Gasteiger partial charge in [0, 0.05) is 88.7 Å². The van der Waals surface area contributed by atoms with Crippen LogP contribution in [-0.4, -0.2) is 158 Å². The van der Waals surface area contributed by atoms with Crippen LogP contribution in [0.4, 0.5) is 65.9 Å². The van der Waals surface area contributed by atoms with Gasteiger partial charge in [-0.2, -0.15) is 0 Å². The molecule has 20 aliphatic rings. The Morgan fingerprint density at radius 2 is 0.480 bits per heavy atom. The summed E-state index contributed by atoms with van der Waals surface area (Å²) in [6, 6.07) is -2.19. The van der Waals surface area contributed by atoms with Crippen molar-refractivity contribution in [3.8, 4) is 0 Å². The van der Waals surface area contributed by atoms with Crippen LogP contribution in [0.15, 0.2) is 0 Å². The number of halogens is 18. The molecule has 150 heavy (non-hydrogen) atoms. The summed E-state index contributed by atoms with van der Waals surface area (Å²) in [6.07, 6.45) is -7.97. The third-order valence-corrected chi connectivity index (χ3v) is 49.3. The number of fused-ring (bicyclic) bond motifs is 45. The number of hydrogen-bond acceptors (Lipinski definition) is 14. The summed E-state index contributed by atoms with van der Waals surface area (Å²) >= 11 is 15.6. The predicted octanol–water partition coefficient (Wildman–Crippen LogP) is 31.9. The molecule has 42 heteroatoms. The van der Waals surface area contributed by atoms with Gasteiger partial charge in [0.25, 0.3) is 30.9 Å². The second kappa shape index (κ2) is 49.7. The summed E-state index contributed by atoms with van der Waals surface area (Å²) in [5.41, 5.74) is 0.461. The van der Waals surface area contributed by atoms with Crippen LogP contribution in [0.2, 0.25) is 52.4 Å². The molecular weight excluding hydrogens is 3390 g/mol.